The number of rotatable bonds is 3. The fourth-order valence-corrected chi connectivity index (χ4v) is 2.20. The Balaban J connectivity index is 1.95. The number of benzene rings is 1. The van der Waals surface area contributed by atoms with Crippen molar-refractivity contribution in [1.82, 2.24) is 15.1 Å². The second kappa shape index (κ2) is 4.93. The van der Waals surface area contributed by atoms with Gasteiger partial charge in [0.05, 0.1) is 11.4 Å². The first-order chi connectivity index (χ1) is 9.28. The Hall–Kier alpha value is -2.01. The fraction of sp³-hybridized carbons (Fsp3) is 0.357. The molecule has 0 amide bonds. The SMILES string of the molecule is CNCc1cc(-c2ccc3c(c2)OCCO3)nn1C. The van der Waals surface area contributed by atoms with Crippen molar-refractivity contribution in [3.63, 3.8) is 0 Å². The van der Waals surface area contributed by atoms with Gasteiger partial charge in [-0.2, -0.15) is 5.10 Å². The molecule has 0 unspecified atom stereocenters. The van der Waals surface area contributed by atoms with E-state index in [1.54, 1.807) is 0 Å². The van der Waals surface area contributed by atoms with Crippen molar-refractivity contribution in [2.75, 3.05) is 20.3 Å². The topological polar surface area (TPSA) is 48.3 Å². The standard InChI is InChI=1S/C14H17N3O2/c1-15-9-11-8-12(16-17(11)2)10-3-4-13-14(7-10)19-6-5-18-13/h3-4,7-8,15H,5-6,9H2,1-2H3. The molecule has 3 rings (SSSR count). The monoisotopic (exact) mass is 259 g/mol. The number of nitrogens with one attached hydrogen (secondary N) is 1. The number of ether oxygens (including phenoxy) is 2. The Kier molecular flexibility index (Phi) is 3.13. The summed E-state index contributed by atoms with van der Waals surface area (Å²) in [7, 11) is 3.88. The Bertz CT molecular complexity index is 592. The first-order valence-electron chi connectivity index (χ1n) is 6.35. The first-order valence-corrected chi connectivity index (χ1v) is 6.35. The zero-order chi connectivity index (χ0) is 13.2. The van der Waals surface area contributed by atoms with Crippen LogP contribution in [0.4, 0.5) is 0 Å². The molecule has 5 nitrogen and oxygen atoms in total. The second-order valence-corrected chi connectivity index (χ2v) is 4.53. The lowest BCUT2D eigenvalue weighted by atomic mass is 10.1. The molecule has 0 bridgehead atoms. The molecule has 5 heteroatoms. The molecule has 100 valence electrons. The number of aromatic nitrogens is 2. The van der Waals surface area contributed by atoms with Gasteiger partial charge >= 0.3 is 0 Å². The van der Waals surface area contributed by atoms with Gasteiger partial charge in [-0.15, -0.1) is 0 Å². The van der Waals surface area contributed by atoms with Gasteiger partial charge in [-0.25, -0.2) is 0 Å². The van der Waals surface area contributed by atoms with Crippen molar-refractivity contribution in [1.29, 1.82) is 0 Å². The lowest BCUT2D eigenvalue weighted by molar-refractivity contribution is 0.171. The van der Waals surface area contributed by atoms with Crippen LogP contribution < -0.4 is 14.8 Å². The van der Waals surface area contributed by atoms with E-state index in [1.165, 1.54) is 0 Å². The molecule has 1 aromatic carbocycles. The van der Waals surface area contributed by atoms with Crippen LogP contribution in [0.2, 0.25) is 0 Å². The van der Waals surface area contributed by atoms with Gasteiger partial charge in [0.1, 0.15) is 13.2 Å². The van der Waals surface area contributed by atoms with E-state index in [1.807, 2.05) is 37.0 Å². The maximum atomic E-state index is 5.60. The molecule has 1 aliphatic heterocycles. The smallest absolute Gasteiger partial charge is 0.162 e. The molecule has 0 fully saturated rings. The van der Waals surface area contributed by atoms with E-state index in [4.69, 9.17) is 9.47 Å². The lowest BCUT2D eigenvalue weighted by Gasteiger charge is -2.18. The van der Waals surface area contributed by atoms with Crippen LogP contribution in [-0.2, 0) is 13.6 Å². The van der Waals surface area contributed by atoms with Gasteiger partial charge in [0.25, 0.3) is 0 Å². The number of aryl methyl sites for hydroxylation is 1. The molecular formula is C14H17N3O2. The first kappa shape index (κ1) is 12.0. The zero-order valence-corrected chi connectivity index (χ0v) is 11.1. The van der Waals surface area contributed by atoms with Gasteiger partial charge < -0.3 is 14.8 Å². The van der Waals surface area contributed by atoms with E-state index in [9.17, 15) is 0 Å². The largest absolute Gasteiger partial charge is 0.486 e. The van der Waals surface area contributed by atoms with E-state index in [-0.39, 0.29) is 0 Å². The van der Waals surface area contributed by atoms with E-state index in [0.717, 1.165) is 35.0 Å². The summed E-state index contributed by atoms with van der Waals surface area (Å²) in [6, 6.07) is 8.02. The molecule has 2 aromatic rings. The van der Waals surface area contributed by atoms with Crippen LogP contribution in [0.25, 0.3) is 11.3 Å². The molecule has 0 spiro atoms. The van der Waals surface area contributed by atoms with Crippen molar-refractivity contribution in [2.45, 2.75) is 6.54 Å². The van der Waals surface area contributed by atoms with Crippen LogP contribution >= 0.6 is 0 Å². The summed E-state index contributed by atoms with van der Waals surface area (Å²) in [6.07, 6.45) is 0. The maximum Gasteiger partial charge on any atom is 0.162 e. The van der Waals surface area contributed by atoms with Gasteiger partial charge in [0.15, 0.2) is 11.5 Å². The molecule has 0 saturated carbocycles. The van der Waals surface area contributed by atoms with Gasteiger partial charge in [-0.1, -0.05) is 0 Å². The number of fused-ring (bicyclic) bond motifs is 1. The average Bonchev–Trinajstić information content (AvgIpc) is 2.80. The summed E-state index contributed by atoms with van der Waals surface area (Å²) in [4.78, 5) is 0. The maximum absolute atomic E-state index is 5.60. The van der Waals surface area contributed by atoms with Gasteiger partial charge in [0, 0.05) is 19.2 Å². The minimum Gasteiger partial charge on any atom is -0.486 e. The van der Waals surface area contributed by atoms with Crippen molar-refractivity contribution < 1.29 is 9.47 Å². The normalized spacial score (nSPS) is 13.6. The number of nitrogens with zero attached hydrogens (tertiary/aromatic N) is 2. The van der Waals surface area contributed by atoms with Gasteiger partial charge in [-0.05, 0) is 31.3 Å². The third kappa shape index (κ3) is 2.29. The quantitative estimate of drug-likeness (QED) is 0.909. The highest BCUT2D eigenvalue weighted by Crippen LogP contribution is 2.34. The molecule has 2 heterocycles. The predicted octanol–water partition coefficient (Wildman–Crippen LogP) is 1.58. The molecule has 0 saturated heterocycles. The lowest BCUT2D eigenvalue weighted by Crippen LogP contribution is -2.15. The van der Waals surface area contributed by atoms with Crippen molar-refractivity contribution in [2.24, 2.45) is 7.05 Å². The minimum atomic E-state index is 0.601. The molecule has 0 atom stereocenters. The van der Waals surface area contributed by atoms with Gasteiger partial charge in [-0.3, -0.25) is 4.68 Å². The zero-order valence-electron chi connectivity index (χ0n) is 11.1. The Morgan fingerprint density at radius 3 is 2.79 bits per heavy atom. The van der Waals surface area contributed by atoms with Crippen LogP contribution in [0.5, 0.6) is 11.5 Å². The summed E-state index contributed by atoms with van der Waals surface area (Å²) in [5, 5.41) is 7.66. The highest BCUT2D eigenvalue weighted by Gasteiger charge is 2.14. The minimum absolute atomic E-state index is 0.601. The average molecular weight is 259 g/mol. The summed E-state index contributed by atoms with van der Waals surface area (Å²) in [5.41, 5.74) is 3.14. The summed E-state index contributed by atoms with van der Waals surface area (Å²) >= 11 is 0. The molecule has 19 heavy (non-hydrogen) atoms. The Labute approximate surface area is 112 Å². The molecule has 1 aliphatic rings. The van der Waals surface area contributed by atoms with Crippen molar-refractivity contribution >= 4 is 0 Å². The van der Waals surface area contributed by atoms with E-state index in [0.29, 0.717) is 13.2 Å². The molecule has 0 aliphatic carbocycles. The summed E-state index contributed by atoms with van der Waals surface area (Å²) in [5.74, 6) is 1.60. The van der Waals surface area contributed by atoms with Crippen LogP contribution in [0.1, 0.15) is 5.69 Å². The third-order valence-electron chi connectivity index (χ3n) is 3.17. The fourth-order valence-electron chi connectivity index (χ4n) is 2.20. The predicted molar refractivity (Wildman–Crippen MR) is 72.4 cm³/mol. The van der Waals surface area contributed by atoms with Crippen molar-refractivity contribution in [3.05, 3.63) is 30.0 Å². The van der Waals surface area contributed by atoms with E-state index in [2.05, 4.69) is 16.5 Å². The van der Waals surface area contributed by atoms with Crippen LogP contribution in [0.15, 0.2) is 24.3 Å². The van der Waals surface area contributed by atoms with Crippen molar-refractivity contribution in [3.8, 4) is 22.8 Å². The molecule has 1 aromatic heterocycles. The third-order valence-corrected chi connectivity index (χ3v) is 3.17. The summed E-state index contributed by atoms with van der Waals surface area (Å²) < 4.78 is 13.0. The molecule has 1 N–H and O–H groups in total. The second-order valence-electron chi connectivity index (χ2n) is 4.53. The highest BCUT2D eigenvalue weighted by molar-refractivity contribution is 5.64. The van der Waals surface area contributed by atoms with E-state index >= 15 is 0 Å². The Morgan fingerprint density at radius 1 is 1.21 bits per heavy atom. The number of hydrogen-bond donors (Lipinski definition) is 1. The highest BCUT2D eigenvalue weighted by atomic mass is 16.6. The molecular weight excluding hydrogens is 242 g/mol. The van der Waals surface area contributed by atoms with Crippen LogP contribution in [0, 0.1) is 0 Å². The van der Waals surface area contributed by atoms with Crippen LogP contribution in [0.3, 0.4) is 0 Å². The van der Waals surface area contributed by atoms with Gasteiger partial charge in [0.2, 0.25) is 0 Å². The van der Waals surface area contributed by atoms with E-state index < -0.39 is 0 Å². The molecule has 0 radical (unpaired) electrons. The Morgan fingerprint density at radius 2 is 2.00 bits per heavy atom. The summed E-state index contributed by atoms with van der Waals surface area (Å²) in [6.45, 7) is 2.01. The van der Waals surface area contributed by atoms with Crippen LogP contribution in [-0.4, -0.2) is 30.0 Å². The number of hydrogen-bond acceptors (Lipinski definition) is 4.